The average Bonchev–Trinajstić information content (AvgIpc) is 3.03. The van der Waals surface area contributed by atoms with E-state index < -0.39 is 0 Å². The van der Waals surface area contributed by atoms with Gasteiger partial charge in [-0.15, -0.1) is 0 Å². The number of benzene rings is 1. The maximum absolute atomic E-state index is 5.40. The zero-order valence-electron chi connectivity index (χ0n) is 13.2. The second-order valence-electron chi connectivity index (χ2n) is 5.17. The fraction of sp³-hybridized carbons (Fsp3) is 0.562. The van der Waals surface area contributed by atoms with Crippen LogP contribution >= 0.6 is 27.7 Å². The lowest BCUT2D eigenvalue weighted by molar-refractivity contribution is 0.409. The van der Waals surface area contributed by atoms with E-state index in [1.807, 2.05) is 12.1 Å². The fourth-order valence-electron chi connectivity index (χ4n) is 2.39. The predicted octanol–water partition coefficient (Wildman–Crippen LogP) is 3.41. The number of guanidine groups is 1. The predicted molar refractivity (Wildman–Crippen MR) is 99.0 cm³/mol. The van der Waals surface area contributed by atoms with Crippen LogP contribution in [-0.4, -0.2) is 37.2 Å². The SMILES string of the molecule is CCNC(=NCc1cc(Br)ccc1OC)NCC1CCCS1. The normalized spacial score (nSPS) is 18.3. The lowest BCUT2D eigenvalue weighted by Crippen LogP contribution is -2.40. The summed E-state index contributed by atoms with van der Waals surface area (Å²) in [6, 6.07) is 6.00. The minimum absolute atomic E-state index is 0.593. The maximum atomic E-state index is 5.40. The molecule has 0 radical (unpaired) electrons. The molecule has 1 aliphatic rings. The third-order valence-electron chi connectivity index (χ3n) is 3.52. The number of nitrogens with one attached hydrogen (secondary N) is 2. The van der Waals surface area contributed by atoms with Gasteiger partial charge in [-0.05, 0) is 43.7 Å². The highest BCUT2D eigenvalue weighted by Crippen LogP contribution is 2.25. The van der Waals surface area contributed by atoms with Gasteiger partial charge in [0, 0.05) is 28.4 Å². The van der Waals surface area contributed by atoms with Crippen LogP contribution < -0.4 is 15.4 Å². The van der Waals surface area contributed by atoms with Gasteiger partial charge in [-0.25, -0.2) is 4.99 Å². The Hall–Kier alpha value is -0.880. The minimum Gasteiger partial charge on any atom is -0.496 e. The van der Waals surface area contributed by atoms with Crippen molar-refractivity contribution in [1.82, 2.24) is 10.6 Å². The first-order valence-corrected chi connectivity index (χ1v) is 9.53. The van der Waals surface area contributed by atoms with Gasteiger partial charge in [-0.3, -0.25) is 0 Å². The van der Waals surface area contributed by atoms with Gasteiger partial charge < -0.3 is 15.4 Å². The number of rotatable bonds is 6. The van der Waals surface area contributed by atoms with E-state index in [-0.39, 0.29) is 0 Å². The standard InChI is InChI=1S/C16H24BrN3OS/c1-3-18-16(20-11-14-5-4-8-22-14)19-10-12-9-13(17)6-7-15(12)21-2/h6-7,9,14H,3-5,8,10-11H2,1-2H3,(H2,18,19,20). The minimum atomic E-state index is 0.593. The van der Waals surface area contributed by atoms with Crippen LogP contribution in [0.15, 0.2) is 27.7 Å². The Kier molecular flexibility index (Phi) is 7.39. The highest BCUT2D eigenvalue weighted by molar-refractivity contribution is 9.10. The molecule has 0 saturated carbocycles. The Morgan fingerprint density at radius 3 is 3.00 bits per heavy atom. The molecule has 1 heterocycles. The van der Waals surface area contributed by atoms with Gasteiger partial charge in [0.15, 0.2) is 5.96 Å². The van der Waals surface area contributed by atoms with Gasteiger partial charge in [0.05, 0.1) is 13.7 Å². The molecule has 22 heavy (non-hydrogen) atoms. The van der Waals surface area contributed by atoms with Crippen molar-refractivity contribution < 1.29 is 4.74 Å². The smallest absolute Gasteiger partial charge is 0.191 e. The molecular formula is C16H24BrN3OS. The Balaban J connectivity index is 1.98. The summed E-state index contributed by atoms with van der Waals surface area (Å²) in [5.74, 6) is 3.03. The summed E-state index contributed by atoms with van der Waals surface area (Å²) in [7, 11) is 1.69. The quantitative estimate of drug-likeness (QED) is 0.581. The molecule has 1 unspecified atom stereocenters. The third kappa shape index (κ3) is 5.39. The summed E-state index contributed by atoms with van der Waals surface area (Å²) in [6.07, 6.45) is 2.64. The summed E-state index contributed by atoms with van der Waals surface area (Å²) in [5.41, 5.74) is 1.07. The van der Waals surface area contributed by atoms with Gasteiger partial charge in [-0.1, -0.05) is 15.9 Å². The molecule has 4 nitrogen and oxygen atoms in total. The molecule has 1 fully saturated rings. The van der Waals surface area contributed by atoms with Crippen molar-refractivity contribution in [2.45, 2.75) is 31.6 Å². The van der Waals surface area contributed by atoms with Crippen LogP contribution in [-0.2, 0) is 6.54 Å². The summed E-state index contributed by atoms with van der Waals surface area (Å²) >= 11 is 5.55. The van der Waals surface area contributed by atoms with Gasteiger partial charge in [0.25, 0.3) is 0 Å². The third-order valence-corrected chi connectivity index (χ3v) is 5.41. The van der Waals surface area contributed by atoms with Crippen LogP contribution in [0.1, 0.15) is 25.3 Å². The van der Waals surface area contributed by atoms with Crippen molar-refractivity contribution in [2.24, 2.45) is 4.99 Å². The number of aliphatic imine (C=N–C) groups is 1. The molecule has 0 aliphatic carbocycles. The van der Waals surface area contributed by atoms with Crippen molar-refractivity contribution in [3.05, 3.63) is 28.2 Å². The molecular weight excluding hydrogens is 362 g/mol. The highest BCUT2D eigenvalue weighted by atomic mass is 79.9. The zero-order valence-corrected chi connectivity index (χ0v) is 15.6. The Morgan fingerprint density at radius 1 is 1.45 bits per heavy atom. The van der Waals surface area contributed by atoms with Crippen LogP contribution in [0.2, 0.25) is 0 Å². The van der Waals surface area contributed by atoms with Crippen molar-refractivity contribution >= 4 is 33.7 Å². The average molecular weight is 386 g/mol. The molecule has 1 saturated heterocycles. The first-order chi connectivity index (χ1) is 10.7. The van der Waals surface area contributed by atoms with E-state index in [0.717, 1.165) is 34.8 Å². The van der Waals surface area contributed by atoms with E-state index in [2.05, 4.69) is 56.3 Å². The van der Waals surface area contributed by atoms with Crippen molar-refractivity contribution in [3.8, 4) is 5.75 Å². The number of nitrogens with zero attached hydrogens (tertiary/aromatic N) is 1. The maximum Gasteiger partial charge on any atom is 0.191 e. The second-order valence-corrected chi connectivity index (χ2v) is 7.49. The van der Waals surface area contributed by atoms with Crippen LogP contribution in [0.4, 0.5) is 0 Å². The van der Waals surface area contributed by atoms with Crippen LogP contribution in [0.5, 0.6) is 5.75 Å². The number of hydrogen-bond donors (Lipinski definition) is 2. The lowest BCUT2D eigenvalue weighted by Gasteiger charge is -2.15. The van der Waals surface area contributed by atoms with E-state index in [9.17, 15) is 0 Å². The van der Waals surface area contributed by atoms with E-state index in [1.165, 1.54) is 18.6 Å². The van der Waals surface area contributed by atoms with Crippen LogP contribution in [0.3, 0.4) is 0 Å². The molecule has 0 spiro atoms. The molecule has 1 atom stereocenters. The van der Waals surface area contributed by atoms with Crippen molar-refractivity contribution in [2.75, 3.05) is 26.0 Å². The topological polar surface area (TPSA) is 45.7 Å². The zero-order chi connectivity index (χ0) is 15.8. The summed E-state index contributed by atoms with van der Waals surface area (Å²) in [4.78, 5) is 4.68. The van der Waals surface area contributed by atoms with E-state index in [4.69, 9.17) is 4.74 Å². The molecule has 1 aromatic carbocycles. The van der Waals surface area contributed by atoms with Gasteiger partial charge in [-0.2, -0.15) is 11.8 Å². The lowest BCUT2D eigenvalue weighted by atomic mass is 10.2. The van der Waals surface area contributed by atoms with Gasteiger partial charge >= 0.3 is 0 Å². The molecule has 1 aromatic rings. The van der Waals surface area contributed by atoms with E-state index >= 15 is 0 Å². The Bertz CT molecular complexity index is 504. The molecule has 122 valence electrons. The molecule has 0 aromatic heterocycles. The number of thioether (sulfide) groups is 1. The number of hydrogen-bond acceptors (Lipinski definition) is 3. The van der Waals surface area contributed by atoms with Crippen molar-refractivity contribution in [3.63, 3.8) is 0 Å². The molecule has 6 heteroatoms. The van der Waals surface area contributed by atoms with Crippen LogP contribution in [0.25, 0.3) is 0 Å². The number of halogens is 1. The Morgan fingerprint density at radius 2 is 2.32 bits per heavy atom. The first kappa shape index (κ1) is 17.5. The fourth-order valence-corrected chi connectivity index (χ4v) is 4.00. The largest absolute Gasteiger partial charge is 0.496 e. The van der Waals surface area contributed by atoms with Gasteiger partial charge in [0.1, 0.15) is 5.75 Å². The monoisotopic (exact) mass is 385 g/mol. The number of methoxy groups -OCH3 is 1. The van der Waals surface area contributed by atoms with Crippen molar-refractivity contribution in [1.29, 1.82) is 0 Å². The molecule has 1 aliphatic heterocycles. The van der Waals surface area contributed by atoms with E-state index in [0.29, 0.717) is 11.8 Å². The first-order valence-electron chi connectivity index (χ1n) is 7.69. The second kappa shape index (κ2) is 9.30. The summed E-state index contributed by atoms with van der Waals surface area (Å²) < 4.78 is 6.44. The molecule has 2 N–H and O–H groups in total. The highest BCUT2D eigenvalue weighted by Gasteiger charge is 2.15. The molecule has 0 amide bonds. The molecule has 2 rings (SSSR count). The number of ether oxygens (including phenoxy) is 1. The van der Waals surface area contributed by atoms with Gasteiger partial charge in [0.2, 0.25) is 0 Å². The van der Waals surface area contributed by atoms with E-state index in [1.54, 1.807) is 7.11 Å². The summed E-state index contributed by atoms with van der Waals surface area (Å²) in [6.45, 7) is 4.52. The summed E-state index contributed by atoms with van der Waals surface area (Å²) in [5, 5.41) is 7.47. The van der Waals surface area contributed by atoms with Crippen LogP contribution in [0, 0.1) is 0 Å². The molecule has 0 bridgehead atoms. The Labute approximate surface area is 145 Å².